The molecule has 3 aliphatic heterocycles. The Bertz CT molecular complexity index is 927. The second kappa shape index (κ2) is 4.98. The van der Waals surface area contributed by atoms with Crippen molar-refractivity contribution in [3.05, 3.63) is 11.6 Å². The van der Waals surface area contributed by atoms with Crippen LogP contribution in [0.4, 0.5) is 0 Å². The van der Waals surface area contributed by atoms with Crippen LogP contribution in [0.15, 0.2) is 11.6 Å². The molecule has 0 aromatic heterocycles. The Kier molecular flexibility index (Phi) is 3.21. The number of esters is 1. The van der Waals surface area contributed by atoms with E-state index in [-0.39, 0.29) is 19.6 Å². The fraction of sp³-hybridized carbons (Fsp3) is 0.800. The van der Waals surface area contributed by atoms with Crippen LogP contribution in [0, 0.1) is 22.7 Å². The van der Waals surface area contributed by atoms with E-state index >= 15 is 0 Å². The second-order valence-electron chi connectivity index (χ2n) is 10.0. The summed E-state index contributed by atoms with van der Waals surface area (Å²) in [6.45, 7) is 2.77. The molecule has 0 radical (unpaired) electrons. The monoisotopic (exact) mass is 424 g/mol. The van der Waals surface area contributed by atoms with Gasteiger partial charge in [0, 0.05) is 11.3 Å². The van der Waals surface area contributed by atoms with Crippen molar-refractivity contribution in [2.24, 2.45) is 22.7 Å². The van der Waals surface area contributed by atoms with Gasteiger partial charge in [-0.1, -0.05) is 12.5 Å². The van der Waals surface area contributed by atoms with Gasteiger partial charge >= 0.3 is 5.97 Å². The number of hydrogen-bond donors (Lipinski definition) is 5. The first-order valence-corrected chi connectivity index (χ1v) is 10.1. The molecule has 10 heteroatoms. The van der Waals surface area contributed by atoms with Crippen LogP contribution in [-0.2, 0) is 23.8 Å². The topological polar surface area (TPSA) is 166 Å². The molecule has 0 unspecified atom stereocenters. The molecule has 0 amide bonds. The lowest BCUT2D eigenvalue weighted by Crippen LogP contribution is -2.87. The van der Waals surface area contributed by atoms with Crippen molar-refractivity contribution in [1.29, 1.82) is 0 Å². The van der Waals surface area contributed by atoms with E-state index in [9.17, 15) is 35.1 Å². The molecule has 10 nitrogen and oxygen atoms in total. The zero-order chi connectivity index (χ0) is 21.6. The number of ether oxygens (including phenoxy) is 3. The van der Waals surface area contributed by atoms with E-state index < -0.39 is 75.8 Å². The van der Waals surface area contributed by atoms with Gasteiger partial charge in [0.1, 0.15) is 23.9 Å². The molecule has 6 aliphatic rings. The molecule has 6 rings (SSSR count). The van der Waals surface area contributed by atoms with E-state index in [2.05, 4.69) is 0 Å². The average molecular weight is 424 g/mol. The van der Waals surface area contributed by atoms with E-state index in [1.54, 1.807) is 13.8 Å². The summed E-state index contributed by atoms with van der Waals surface area (Å²) in [6, 6.07) is 0. The van der Waals surface area contributed by atoms with Crippen molar-refractivity contribution in [2.45, 2.75) is 61.7 Å². The maximum absolute atomic E-state index is 12.6. The molecule has 0 aromatic carbocycles. The lowest BCUT2D eigenvalue weighted by Gasteiger charge is -2.70. The molecule has 11 atom stereocenters. The summed E-state index contributed by atoms with van der Waals surface area (Å²) in [5.74, 6) is -5.64. The van der Waals surface area contributed by atoms with Crippen molar-refractivity contribution in [2.75, 3.05) is 13.2 Å². The van der Waals surface area contributed by atoms with Crippen molar-refractivity contribution in [3.63, 3.8) is 0 Å². The first-order valence-electron chi connectivity index (χ1n) is 10.1. The van der Waals surface area contributed by atoms with Crippen molar-refractivity contribution in [3.8, 4) is 0 Å². The molecule has 0 aromatic rings. The average Bonchev–Trinajstić information content (AvgIpc) is 3.44. The number of epoxide rings is 1. The fourth-order valence-corrected chi connectivity index (χ4v) is 7.88. The summed E-state index contributed by atoms with van der Waals surface area (Å²) in [5, 5.41) is 56.7. The SMILES string of the molecule is CC1=CC(=O)[C@@H](O)[C@]2(C)[C@H]3[C@]4(O)OC[C@@]35[C@@H](C[C@@H]12)OC(=O)[C@@H](O)[C@@]5(O)[C@@]1(CO1)[C@H]4O. The van der Waals surface area contributed by atoms with Gasteiger partial charge in [0.25, 0.3) is 0 Å². The van der Waals surface area contributed by atoms with E-state index in [0.717, 1.165) is 0 Å². The molecule has 3 aliphatic carbocycles. The molecule has 2 spiro atoms. The van der Waals surface area contributed by atoms with Crippen LogP contribution in [-0.4, -0.2) is 91.9 Å². The third-order valence-electron chi connectivity index (χ3n) is 9.17. The molecule has 3 heterocycles. The van der Waals surface area contributed by atoms with Gasteiger partial charge < -0.3 is 39.7 Å². The minimum absolute atomic E-state index is 0.145. The Balaban J connectivity index is 1.68. The van der Waals surface area contributed by atoms with Crippen LogP contribution in [0.5, 0.6) is 0 Å². The Hall–Kier alpha value is -1.40. The number of hydrogen-bond acceptors (Lipinski definition) is 10. The van der Waals surface area contributed by atoms with Crippen LogP contribution in [0.2, 0.25) is 0 Å². The van der Waals surface area contributed by atoms with Gasteiger partial charge in [0.05, 0.1) is 18.6 Å². The number of ketones is 1. The zero-order valence-corrected chi connectivity index (χ0v) is 16.4. The Labute approximate surface area is 171 Å². The minimum atomic E-state index is -2.35. The highest BCUT2D eigenvalue weighted by molar-refractivity contribution is 5.96. The molecular formula is C20H24O10. The minimum Gasteiger partial charge on any atom is -0.460 e. The van der Waals surface area contributed by atoms with Crippen LogP contribution in [0.1, 0.15) is 20.3 Å². The Morgan fingerprint density at radius 1 is 1.07 bits per heavy atom. The maximum atomic E-state index is 12.6. The summed E-state index contributed by atoms with van der Waals surface area (Å²) >= 11 is 0. The largest absolute Gasteiger partial charge is 0.460 e. The number of aliphatic hydroxyl groups is 5. The van der Waals surface area contributed by atoms with Gasteiger partial charge in [0.2, 0.25) is 0 Å². The van der Waals surface area contributed by atoms with Crippen LogP contribution >= 0.6 is 0 Å². The van der Waals surface area contributed by atoms with E-state index in [1.807, 2.05) is 0 Å². The van der Waals surface area contributed by atoms with Gasteiger partial charge in [-0.05, 0) is 25.3 Å². The van der Waals surface area contributed by atoms with E-state index in [4.69, 9.17) is 14.2 Å². The Morgan fingerprint density at radius 2 is 1.73 bits per heavy atom. The highest BCUT2D eigenvalue weighted by Gasteiger charge is 2.94. The summed E-state index contributed by atoms with van der Waals surface area (Å²) < 4.78 is 16.7. The molecule has 2 bridgehead atoms. The number of carbonyl (C=O) groups excluding carboxylic acids is 2. The molecule has 3 saturated heterocycles. The molecule has 164 valence electrons. The van der Waals surface area contributed by atoms with Crippen LogP contribution < -0.4 is 0 Å². The normalized spacial score (nSPS) is 63.1. The standard InChI is InChI=1S/C20H24O10/c1-7-3-9(21)11(22)16(2)8(7)4-10-17-5-29-19(26,14(16)17)15(25)18(6-28-18)20(17,27)12(23)13(24)30-10/h3,8,10-12,14-15,22-23,25-27H,4-6H2,1-2H3/t8-,10+,11+,12+,14+,15+,16+,17+,18+,19-,20-/m0/s1. The molecule has 2 saturated carbocycles. The van der Waals surface area contributed by atoms with Crippen LogP contribution in [0.3, 0.4) is 0 Å². The lowest BCUT2D eigenvalue weighted by atomic mass is 9.36. The van der Waals surface area contributed by atoms with Gasteiger partial charge in [-0.3, -0.25) is 4.79 Å². The van der Waals surface area contributed by atoms with E-state index in [1.165, 1.54) is 6.08 Å². The van der Waals surface area contributed by atoms with Gasteiger partial charge in [-0.15, -0.1) is 0 Å². The number of carbonyl (C=O) groups is 2. The summed E-state index contributed by atoms with van der Waals surface area (Å²) in [5.41, 5.74) is -6.52. The van der Waals surface area contributed by atoms with Crippen molar-refractivity contribution >= 4 is 11.8 Å². The highest BCUT2D eigenvalue weighted by atomic mass is 16.7. The summed E-state index contributed by atoms with van der Waals surface area (Å²) in [6.07, 6.45) is -4.96. The number of fused-ring (bicyclic) bond motifs is 2. The third kappa shape index (κ3) is 1.53. The quantitative estimate of drug-likeness (QED) is 0.205. The van der Waals surface area contributed by atoms with E-state index in [0.29, 0.717) is 5.57 Å². The molecule has 5 fully saturated rings. The first kappa shape index (κ1) is 19.3. The van der Waals surface area contributed by atoms with Gasteiger partial charge in [-0.2, -0.15) is 0 Å². The predicted octanol–water partition coefficient (Wildman–Crippen LogP) is -2.62. The predicted molar refractivity (Wildman–Crippen MR) is 93.3 cm³/mol. The third-order valence-corrected chi connectivity index (χ3v) is 9.17. The molecular weight excluding hydrogens is 400 g/mol. The maximum Gasteiger partial charge on any atom is 0.338 e. The van der Waals surface area contributed by atoms with Crippen molar-refractivity contribution < 1.29 is 49.3 Å². The fourth-order valence-electron chi connectivity index (χ4n) is 7.88. The summed E-state index contributed by atoms with van der Waals surface area (Å²) in [7, 11) is 0. The smallest absolute Gasteiger partial charge is 0.338 e. The van der Waals surface area contributed by atoms with Crippen LogP contribution in [0.25, 0.3) is 0 Å². The number of aliphatic hydroxyl groups excluding tert-OH is 3. The second-order valence-corrected chi connectivity index (χ2v) is 10.0. The first-order chi connectivity index (χ1) is 13.9. The molecule has 30 heavy (non-hydrogen) atoms. The lowest BCUT2D eigenvalue weighted by molar-refractivity contribution is -0.379. The molecule has 5 N–H and O–H groups in total. The zero-order valence-electron chi connectivity index (χ0n) is 16.4. The Morgan fingerprint density at radius 3 is 2.37 bits per heavy atom. The highest BCUT2D eigenvalue weighted by Crippen LogP contribution is 2.77. The number of allylic oxidation sites excluding steroid dienone is 1. The van der Waals surface area contributed by atoms with Gasteiger partial charge in [0.15, 0.2) is 23.3 Å². The number of rotatable bonds is 0. The van der Waals surface area contributed by atoms with Crippen molar-refractivity contribution in [1.82, 2.24) is 0 Å². The van der Waals surface area contributed by atoms with Gasteiger partial charge in [-0.25, -0.2) is 4.79 Å². The summed E-state index contributed by atoms with van der Waals surface area (Å²) in [4.78, 5) is 25.2.